The molecule has 8 nitrogen and oxygen atoms in total. The van der Waals surface area contributed by atoms with E-state index in [2.05, 4.69) is 40.2 Å². The zero-order valence-corrected chi connectivity index (χ0v) is 28.7. The highest BCUT2D eigenvalue weighted by Crippen LogP contribution is 2.40. The maximum absolute atomic E-state index is 12.5. The molecule has 6 rings (SSSR count). The number of ether oxygens (including phenoxy) is 2. The van der Waals surface area contributed by atoms with E-state index in [-0.39, 0.29) is 30.8 Å². The van der Waals surface area contributed by atoms with Crippen LogP contribution in [0.2, 0.25) is 0 Å². The van der Waals surface area contributed by atoms with E-state index in [0.29, 0.717) is 19.5 Å². The molecular formula is C41H41N3O5S. The molecule has 1 fully saturated rings. The first-order valence-electron chi connectivity index (χ1n) is 16.7. The molecule has 0 saturated carbocycles. The van der Waals surface area contributed by atoms with Crippen molar-refractivity contribution >= 4 is 29.4 Å². The summed E-state index contributed by atoms with van der Waals surface area (Å²) in [6.07, 6.45) is -0.195. The highest BCUT2D eigenvalue weighted by atomic mass is 32.2. The van der Waals surface area contributed by atoms with Gasteiger partial charge in [0.1, 0.15) is 0 Å². The van der Waals surface area contributed by atoms with E-state index < -0.39 is 6.29 Å². The van der Waals surface area contributed by atoms with Crippen LogP contribution < -0.4 is 16.0 Å². The van der Waals surface area contributed by atoms with Crippen LogP contribution in [0.3, 0.4) is 0 Å². The highest BCUT2D eigenvalue weighted by Gasteiger charge is 2.32. The summed E-state index contributed by atoms with van der Waals surface area (Å²) in [6, 6.07) is 41.6. The molecule has 256 valence electrons. The quantitative estimate of drug-likeness (QED) is 0.0987. The summed E-state index contributed by atoms with van der Waals surface area (Å²) < 4.78 is 13.2. The number of hydrogen-bond donors (Lipinski definition) is 4. The van der Waals surface area contributed by atoms with Crippen LogP contribution in [0.1, 0.15) is 53.6 Å². The zero-order chi connectivity index (χ0) is 34.7. The minimum absolute atomic E-state index is 0.0109. The smallest absolute Gasteiger partial charge is 0.315 e. The van der Waals surface area contributed by atoms with Crippen molar-refractivity contribution in [3.05, 3.63) is 155 Å². The third-order valence-electron chi connectivity index (χ3n) is 8.39. The number of urea groups is 1. The lowest BCUT2D eigenvalue weighted by molar-refractivity contribution is -0.245. The number of rotatable bonds is 12. The zero-order valence-electron chi connectivity index (χ0n) is 27.9. The third-order valence-corrected chi connectivity index (χ3v) is 9.54. The van der Waals surface area contributed by atoms with E-state index in [1.165, 1.54) is 6.92 Å². The Morgan fingerprint density at radius 1 is 0.720 bits per heavy atom. The largest absolute Gasteiger partial charge is 0.392 e. The minimum Gasteiger partial charge on any atom is -0.392 e. The molecule has 50 heavy (non-hydrogen) atoms. The van der Waals surface area contributed by atoms with Crippen LogP contribution in [0, 0.1) is 0 Å². The van der Waals surface area contributed by atoms with Crippen LogP contribution >= 0.6 is 11.8 Å². The molecule has 3 atom stereocenters. The number of thioether (sulfide) groups is 1. The third kappa shape index (κ3) is 9.83. The topological polar surface area (TPSA) is 109 Å². The average molecular weight is 688 g/mol. The Balaban J connectivity index is 1.14. The molecule has 9 heteroatoms. The van der Waals surface area contributed by atoms with E-state index >= 15 is 0 Å². The van der Waals surface area contributed by atoms with Crippen molar-refractivity contribution in [3.8, 4) is 11.1 Å². The maximum atomic E-state index is 12.5. The molecule has 0 aliphatic carbocycles. The Hall–Kier alpha value is -4.93. The van der Waals surface area contributed by atoms with Gasteiger partial charge in [-0.05, 0) is 69.8 Å². The number of aliphatic hydroxyl groups is 1. The van der Waals surface area contributed by atoms with E-state index in [1.807, 2.05) is 103 Å². The van der Waals surface area contributed by atoms with Crippen LogP contribution in [0.25, 0.3) is 11.1 Å². The van der Waals surface area contributed by atoms with Crippen molar-refractivity contribution in [1.29, 1.82) is 0 Å². The van der Waals surface area contributed by atoms with E-state index in [4.69, 9.17) is 9.47 Å². The van der Waals surface area contributed by atoms with Gasteiger partial charge in [-0.2, -0.15) is 0 Å². The predicted octanol–water partition coefficient (Wildman–Crippen LogP) is 8.14. The number of carbonyl (C=O) groups excluding carboxylic acids is 2. The number of aliphatic hydroxyl groups excluding tert-OH is 1. The van der Waals surface area contributed by atoms with Crippen molar-refractivity contribution in [2.75, 3.05) is 11.1 Å². The molecule has 1 heterocycles. The first-order valence-corrected chi connectivity index (χ1v) is 17.7. The molecule has 3 amide bonds. The minimum atomic E-state index is -0.586. The van der Waals surface area contributed by atoms with Crippen LogP contribution in [0.4, 0.5) is 10.5 Å². The highest BCUT2D eigenvalue weighted by molar-refractivity contribution is 7.99. The molecule has 0 radical (unpaired) electrons. The van der Waals surface area contributed by atoms with Crippen LogP contribution in [-0.4, -0.2) is 28.9 Å². The average Bonchev–Trinajstić information content (AvgIpc) is 3.16. The first kappa shape index (κ1) is 34.9. The van der Waals surface area contributed by atoms with Crippen LogP contribution in [0.5, 0.6) is 0 Å². The maximum Gasteiger partial charge on any atom is 0.315 e. The number of benzene rings is 5. The van der Waals surface area contributed by atoms with Gasteiger partial charge in [0.15, 0.2) is 6.29 Å². The summed E-state index contributed by atoms with van der Waals surface area (Å²) >= 11 is 1.70. The Morgan fingerprint density at radius 3 is 2.12 bits per heavy atom. The number of carbonyl (C=O) groups is 2. The lowest BCUT2D eigenvalue weighted by Crippen LogP contribution is -2.34. The summed E-state index contributed by atoms with van der Waals surface area (Å²) in [5.74, 6) is 0.621. The second-order valence-corrected chi connectivity index (χ2v) is 13.3. The molecular weight excluding hydrogens is 647 g/mol. The van der Waals surface area contributed by atoms with E-state index in [0.717, 1.165) is 55.3 Å². The monoisotopic (exact) mass is 687 g/mol. The molecule has 1 aliphatic rings. The van der Waals surface area contributed by atoms with E-state index in [1.54, 1.807) is 11.8 Å². The van der Waals surface area contributed by atoms with Gasteiger partial charge in [0.25, 0.3) is 0 Å². The lowest BCUT2D eigenvalue weighted by atomic mass is 9.99. The Morgan fingerprint density at radius 2 is 1.40 bits per heavy atom. The summed E-state index contributed by atoms with van der Waals surface area (Å²) in [5.41, 5.74) is 7.64. The second-order valence-electron chi connectivity index (χ2n) is 12.2. The fraction of sp³-hybridized carbons (Fsp3) is 0.220. The number of nitrogens with one attached hydrogen (secondary N) is 3. The number of anilines is 1. The van der Waals surface area contributed by atoms with Gasteiger partial charge in [0, 0.05) is 48.3 Å². The molecule has 5 aromatic carbocycles. The lowest BCUT2D eigenvalue weighted by Gasteiger charge is -2.36. The van der Waals surface area contributed by atoms with Crippen molar-refractivity contribution in [1.82, 2.24) is 10.6 Å². The summed E-state index contributed by atoms with van der Waals surface area (Å²) in [7, 11) is 0. The predicted molar refractivity (Wildman–Crippen MR) is 197 cm³/mol. The fourth-order valence-electron chi connectivity index (χ4n) is 5.80. The molecule has 4 N–H and O–H groups in total. The molecule has 0 bridgehead atoms. The first-order chi connectivity index (χ1) is 24.4. The van der Waals surface area contributed by atoms with Gasteiger partial charge in [0.05, 0.1) is 18.8 Å². The number of amides is 3. The Labute approximate surface area is 297 Å². The molecule has 3 unspecified atom stereocenters. The number of hydrogen-bond acceptors (Lipinski definition) is 6. The summed E-state index contributed by atoms with van der Waals surface area (Å²) in [5, 5.41) is 18.2. The summed E-state index contributed by atoms with van der Waals surface area (Å²) in [4.78, 5) is 24.9. The Kier molecular flexibility index (Phi) is 12.0. The molecule has 1 saturated heterocycles. The summed E-state index contributed by atoms with van der Waals surface area (Å²) in [6.45, 7) is 2.35. The molecule has 5 aromatic rings. The van der Waals surface area contributed by atoms with Gasteiger partial charge in [-0.3, -0.25) is 4.79 Å². The van der Waals surface area contributed by atoms with Gasteiger partial charge in [-0.1, -0.05) is 91.0 Å². The standard InChI is InChI=1S/C41H41N3O5S/c1-28(46)44-36-17-19-38(20-18-36)50-27-37-23-39(32-15-13-30(26-45)14-16-32)49-40(48-37)35-12-6-11-34(22-35)33-10-5-9-31(21-33)25-43-41(47)42-24-29-7-3-2-4-8-29/h2-22,37,39-40,45H,23-27H2,1H3,(H,44,46)(H2,42,43,47). The van der Waals surface area contributed by atoms with Crippen molar-refractivity contribution in [2.45, 2.75) is 56.4 Å². The van der Waals surface area contributed by atoms with Gasteiger partial charge < -0.3 is 30.5 Å². The van der Waals surface area contributed by atoms with Crippen molar-refractivity contribution in [2.24, 2.45) is 0 Å². The Bertz CT molecular complexity index is 1870. The van der Waals surface area contributed by atoms with Crippen molar-refractivity contribution in [3.63, 3.8) is 0 Å². The normalized spacial score (nSPS) is 17.1. The second kappa shape index (κ2) is 17.1. The van der Waals surface area contributed by atoms with Crippen molar-refractivity contribution < 1.29 is 24.2 Å². The molecule has 0 spiro atoms. The SMILES string of the molecule is CC(=O)Nc1ccc(SCC2CC(c3ccc(CO)cc3)OC(c3cccc(-c4cccc(CNC(=O)NCc5ccccc5)c4)c3)O2)cc1. The van der Waals surface area contributed by atoms with Gasteiger partial charge in [0.2, 0.25) is 5.91 Å². The fourth-order valence-corrected chi connectivity index (χ4v) is 6.72. The molecule has 1 aliphatic heterocycles. The van der Waals surface area contributed by atoms with Gasteiger partial charge in [-0.25, -0.2) is 4.79 Å². The molecule has 0 aromatic heterocycles. The van der Waals surface area contributed by atoms with E-state index in [9.17, 15) is 14.7 Å². The van der Waals surface area contributed by atoms with Crippen LogP contribution in [-0.2, 0) is 34.0 Å². The van der Waals surface area contributed by atoms with Gasteiger partial charge in [-0.15, -0.1) is 11.8 Å². The van der Waals surface area contributed by atoms with Gasteiger partial charge >= 0.3 is 6.03 Å². The van der Waals surface area contributed by atoms with Crippen LogP contribution in [0.15, 0.2) is 132 Å².